The Hall–Kier alpha value is -2.67. The number of fused-ring (bicyclic) bond motifs is 1. The van der Waals surface area contributed by atoms with Crippen molar-refractivity contribution in [1.29, 1.82) is 0 Å². The van der Waals surface area contributed by atoms with Gasteiger partial charge in [-0.1, -0.05) is 35.9 Å². The van der Waals surface area contributed by atoms with Gasteiger partial charge in [0.25, 0.3) is 5.56 Å². The van der Waals surface area contributed by atoms with E-state index in [4.69, 9.17) is 16.3 Å². The Morgan fingerprint density at radius 2 is 1.90 bits per heavy atom. The molecule has 0 bridgehead atoms. The molecule has 6 nitrogen and oxygen atoms in total. The van der Waals surface area contributed by atoms with Gasteiger partial charge in [0, 0.05) is 48.2 Å². The van der Waals surface area contributed by atoms with Crippen LogP contribution in [0.2, 0.25) is 5.02 Å². The van der Waals surface area contributed by atoms with Crippen molar-refractivity contribution in [2.75, 3.05) is 39.4 Å². The average molecular weight is 440 g/mol. The lowest BCUT2D eigenvalue weighted by Gasteiger charge is -2.26. The second-order valence-electron chi connectivity index (χ2n) is 7.70. The Balaban J connectivity index is 1.65. The molecule has 1 fully saturated rings. The maximum atomic E-state index is 13.1. The second-order valence-corrected chi connectivity index (χ2v) is 8.11. The summed E-state index contributed by atoms with van der Waals surface area (Å²) in [6.07, 6.45) is 2.59. The van der Waals surface area contributed by atoms with Crippen LogP contribution in [0.15, 0.2) is 52.3 Å². The lowest BCUT2D eigenvalue weighted by Crippen LogP contribution is -2.37. The lowest BCUT2D eigenvalue weighted by molar-refractivity contribution is 0.0377. The number of aromatic nitrogens is 1. The molecule has 1 saturated heterocycles. The van der Waals surface area contributed by atoms with Crippen LogP contribution in [-0.4, -0.2) is 60.2 Å². The van der Waals surface area contributed by atoms with Gasteiger partial charge in [-0.25, -0.2) is 4.57 Å². The van der Waals surface area contributed by atoms with Crippen LogP contribution in [0.4, 0.5) is 0 Å². The minimum atomic E-state index is -0.294. The molecule has 0 spiro atoms. The fourth-order valence-corrected chi connectivity index (χ4v) is 3.99. The molecule has 3 aromatic rings. The largest absolute Gasteiger partial charge is 0.494 e. The third-order valence-corrected chi connectivity index (χ3v) is 6.01. The Labute approximate surface area is 186 Å². The van der Waals surface area contributed by atoms with E-state index in [2.05, 4.69) is 9.89 Å². The normalized spacial score (nSPS) is 15.2. The van der Waals surface area contributed by atoms with Crippen molar-refractivity contribution in [2.24, 2.45) is 4.99 Å². The highest BCUT2D eigenvalue weighted by Gasteiger charge is 2.17. The number of aromatic hydroxyl groups is 1. The maximum absolute atomic E-state index is 13.1. The summed E-state index contributed by atoms with van der Waals surface area (Å²) in [5.41, 5.74) is 1.65. The molecule has 1 aliphatic heterocycles. The highest BCUT2D eigenvalue weighted by molar-refractivity contribution is 6.31. The minimum Gasteiger partial charge on any atom is -0.494 e. The Bertz CT molecular complexity index is 1170. The average Bonchev–Trinajstić information content (AvgIpc) is 2.79. The van der Waals surface area contributed by atoms with Crippen LogP contribution >= 0.6 is 11.6 Å². The van der Waals surface area contributed by atoms with E-state index >= 15 is 0 Å². The smallest absolute Gasteiger partial charge is 0.265 e. The number of hydrogen-bond donors (Lipinski definition) is 1. The van der Waals surface area contributed by atoms with Gasteiger partial charge in [0.15, 0.2) is 0 Å². The quantitative estimate of drug-likeness (QED) is 0.468. The van der Waals surface area contributed by atoms with Crippen LogP contribution in [-0.2, 0) is 4.74 Å². The zero-order valence-corrected chi connectivity index (χ0v) is 18.3. The molecule has 0 radical (unpaired) electrons. The molecular weight excluding hydrogens is 414 g/mol. The number of aryl methyl sites for hydroxylation is 1. The van der Waals surface area contributed by atoms with Crippen LogP contribution in [0.5, 0.6) is 5.88 Å². The third kappa shape index (κ3) is 4.66. The Kier molecular flexibility index (Phi) is 6.70. The SMILES string of the molecule is Cc1ccc(-n2c(O)c(C=NCCCN3CCOCC3)c3ccccc3c2=O)cc1Cl. The molecule has 1 aliphatic rings. The minimum absolute atomic E-state index is 0.138. The van der Waals surface area contributed by atoms with Crippen molar-refractivity contribution in [3.05, 3.63) is 69.0 Å². The summed E-state index contributed by atoms with van der Waals surface area (Å²) >= 11 is 6.27. The van der Waals surface area contributed by atoms with E-state index in [-0.39, 0.29) is 11.4 Å². The number of aliphatic imine (C=N–C) groups is 1. The summed E-state index contributed by atoms with van der Waals surface area (Å²) in [7, 11) is 0. The predicted molar refractivity (Wildman–Crippen MR) is 125 cm³/mol. The number of nitrogens with zero attached hydrogens (tertiary/aromatic N) is 3. The lowest BCUT2D eigenvalue weighted by atomic mass is 10.1. The van der Waals surface area contributed by atoms with Gasteiger partial charge in [-0.2, -0.15) is 0 Å². The molecule has 31 heavy (non-hydrogen) atoms. The van der Waals surface area contributed by atoms with Crippen LogP contribution < -0.4 is 5.56 Å². The van der Waals surface area contributed by atoms with Gasteiger partial charge >= 0.3 is 0 Å². The van der Waals surface area contributed by atoms with Gasteiger partial charge in [-0.05, 0) is 37.1 Å². The summed E-state index contributed by atoms with van der Waals surface area (Å²) in [4.78, 5) is 20.1. The van der Waals surface area contributed by atoms with Crippen molar-refractivity contribution in [3.8, 4) is 11.6 Å². The Morgan fingerprint density at radius 3 is 2.65 bits per heavy atom. The van der Waals surface area contributed by atoms with E-state index in [0.717, 1.165) is 44.8 Å². The predicted octanol–water partition coefficient (Wildman–Crippen LogP) is 3.80. The fraction of sp³-hybridized carbons (Fsp3) is 0.333. The van der Waals surface area contributed by atoms with Crippen molar-refractivity contribution in [3.63, 3.8) is 0 Å². The number of morpholine rings is 1. The summed E-state index contributed by atoms with van der Waals surface area (Å²) in [5.74, 6) is -0.138. The van der Waals surface area contributed by atoms with Crippen LogP contribution in [0.3, 0.4) is 0 Å². The first-order valence-electron chi connectivity index (χ1n) is 10.5. The Morgan fingerprint density at radius 1 is 1.16 bits per heavy atom. The molecule has 162 valence electrons. The van der Waals surface area contributed by atoms with E-state index in [0.29, 0.717) is 33.6 Å². The summed E-state index contributed by atoms with van der Waals surface area (Å²) in [6.45, 7) is 6.99. The number of ether oxygens (including phenoxy) is 1. The van der Waals surface area contributed by atoms with E-state index in [9.17, 15) is 9.90 Å². The fourth-order valence-electron chi connectivity index (χ4n) is 3.82. The molecule has 0 atom stereocenters. The number of rotatable bonds is 6. The standard InChI is InChI=1S/C24H26ClN3O3/c1-17-7-8-18(15-22(17)25)28-23(29)20-6-3-2-5-19(20)21(24(28)30)16-26-9-4-10-27-11-13-31-14-12-27/h2-3,5-8,15-16,30H,4,9-14H2,1H3. The molecule has 0 saturated carbocycles. The van der Waals surface area contributed by atoms with Crippen LogP contribution in [0, 0.1) is 6.92 Å². The second kappa shape index (κ2) is 9.64. The van der Waals surface area contributed by atoms with E-state index < -0.39 is 0 Å². The summed E-state index contributed by atoms with van der Waals surface area (Å²) < 4.78 is 6.67. The molecule has 2 aromatic carbocycles. The molecule has 0 aliphatic carbocycles. The highest BCUT2D eigenvalue weighted by Crippen LogP contribution is 2.27. The van der Waals surface area contributed by atoms with Crippen molar-refractivity contribution >= 4 is 28.6 Å². The molecule has 1 N–H and O–H groups in total. The van der Waals surface area contributed by atoms with Gasteiger partial charge in [-0.3, -0.25) is 14.7 Å². The summed E-state index contributed by atoms with van der Waals surface area (Å²) in [6, 6.07) is 12.6. The topological polar surface area (TPSA) is 67.1 Å². The molecule has 2 heterocycles. The van der Waals surface area contributed by atoms with Gasteiger partial charge in [0.2, 0.25) is 5.88 Å². The van der Waals surface area contributed by atoms with Crippen molar-refractivity contribution < 1.29 is 9.84 Å². The van der Waals surface area contributed by atoms with Gasteiger partial charge in [-0.15, -0.1) is 0 Å². The number of pyridine rings is 1. The van der Waals surface area contributed by atoms with Gasteiger partial charge in [0.1, 0.15) is 0 Å². The number of hydrogen-bond acceptors (Lipinski definition) is 5. The molecular formula is C24H26ClN3O3. The first-order valence-corrected chi connectivity index (χ1v) is 10.9. The third-order valence-electron chi connectivity index (χ3n) is 5.60. The van der Waals surface area contributed by atoms with Crippen molar-refractivity contribution in [2.45, 2.75) is 13.3 Å². The monoisotopic (exact) mass is 439 g/mol. The molecule has 4 rings (SSSR count). The first kappa shape index (κ1) is 21.6. The van der Waals surface area contributed by atoms with Gasteiger partial charge in [0.05, 0.1) is 24.5 Å². The van der Waals surface area contributed by atoms with E-state index in [1.165, 1.54) is 4.57 Å². The highest BCUT2D eigenvalue weighted by atomic mass is 35.5. The molecule has 1 aromatic heterocycles. The zero-order valence-electron chi connectivity index (χ0n) is 17.6. The maximum Gasteiger partial charge on any atom is 0.265 e. The summed E-state index contributed by atoms with van der Waals surface area (Å²) in [5, 5.41) is 12.8. The van der Waals surface area contributed by atoms with Crippen LogP contribution in [0.25, 0.3) is 16.5 Å². The zero-order chi connectivity index (χ0) is 21.8. The van der Waals surface area contributed by atoms with Gasteiger partial charge < -0.3 is 9.84 Å². The first-order chi connectivity index (χ1) is 15.1. The van der Waals surface area contributed by atoms with Crippen LogP contribution in [0.1, 0.15) is 17.5 Å². The number of benzene rings is 2. The van der Waals surface area contributed by atoms with E-state index in [1.54, 1.807) is 24.4 Å². The van der Waals surface area contributed by atoms with Crippen molar-refractivity contribution in [1.82, 2.24) is 9.47 Å². The molecule has 0 amide bonds. The number of halogens is 1. The molecule has 0 unspecified atom stereocenters. The van der Waals surface area contributed by atoms with E-state index in [1.807, 2.05) is 31.2 Å². The molecule has 7 heteroatoms.